The average molecular weight is 371 g/mol. The number of halogens is 2. The number of rotatable bonds is 2. The molecule has 0 aliphatic rings. The zero-order valence-corrected chi connectivity index (χ0v) is 13.5. The molecule has 0 radical (unpaired) electrons. The SMILES string of the molecule is COc1ccc2[nH]c(=S)n(-c3ccc(Cl)c(Br)c3)c2n1. The number of hydrogen-bond donors (Lipinski definition) is 1. The van der Waals surface area contributed by atoms with Gasteiger partial charge in [-0.25, -0.2) is 0 Å². The summed E-state index contributed by atoms with van der Waals surface area (Å²) in [6, 6.07) is 9.26. The molecule has 1 N–H and O–H groups in total. The molecule has 0 bridgehead atoms. The fourth-order valence-corrected chi connectivity index (χ4v) is 2.73. The van der Waals surface area contributed by atoms with Gasteiger partial charge in [-0.2, -0.15) is 4.98 Å². The second-order valence-corrected chi connectivity index (χ2v) is 5.74. The predicted octanol–water partition coefficient (Wildman–Crippen LogP) is 4.51. The topological polar surface area (TPSA) is 42.8 Å². The number of fused-ring (bicyclic) bond motifs is 1. The standard InChI is InChI=1S/C13H9BrClN3OS/c1-19-11-5-4-10-12(17-11)18(13(20)16-10)7-2-3-9(15)8(14)6-7/h2-6H,1H3,(H,16,20). The number of nitrogens with zero attached hydrogens (tertiary/aromatic N) is 2. The van der Waals surface area contributed by atoms with Crippen molar-refractivity contribution in [2.75, 3.05) is 7.11 Å². The highest BCUT2D eigenvalue weighted by Crippen LogP contribution is 2.27. The highest BCUT2D eigenvalue weighted by molar-refractivity contribution is 9.10. The van der Waals surface area contributed by atoms with Crippen molar-refractivity contribution in [2.45, 2.75) is 0 Å². The molecule has 1 aromatic carbocycles. The van der Waals surface area contributed by atoms with Crippen LogP contribution >= 0.6 is 39.7 Å². The molecule has 102 valence electrons. The normalized spacial score (nSPS) is 10.9. The van der Waals surface area contributed by atoms with Crippen LogP contribution in [0.5, 0.6) is 5.88 Å². The maximum atomic E-state index is 6.02. The second kappa shape index (κ2) is 5.20. The van der Waals surface area contributed by atoms with E-state index in [1.54, 1.807) is 13.2 Å². The fourth-order valence-electron chi connectivity index (χ4n) is 1.94. The molecule has 0 aliphatic heterocycles. The summed E-state index contributed by atoms with van der Waals surface area (Å²) >= 11 is 14.8. The molecular formula is C13H9BrClN3OS. The third-order valence-corrected chi connectivity index (χ3v) is 4.38. The molecular weight excluding hydrogens is 362 g/mol. The molecule has 0 saturated heterocycles. The maximum absolute atomic E-state index is 6.02. The highest BCUT2D eigenvalue weighted by Gasteiger charge is 2.10. The number of benzene rings is 1. The molecule has 2 aromatic heterocycles. The summed E-state index contributed by atoms with van der Waals surface area (Å²) in [5, 5.41) is 0.644. The lowest BCUT2D eigenvalue weighted by atomic mass is 10.3. The van der Waals surface area contributed by atoms with Crippen molar-refractivity contribution in [1.29, 1.82) is 0 Å². The number of aromatic nitrogens is 3. The van der Waals surface area contributed by atoms with E-state index >= 15 is 0 Å². The van der Waals surface area contributed by atoms with Crippen molar-refractivity contribution in [3.05, 3.63) is 44.6 Å². The van der Waals surface area contributed by atoms with E-state index in [2.05, 4.69) is 25.9 Å². The summed E-state index contributed by atoms with van der Waals surface area (Å²) < 4.78 is 8.37. The van der Waals surface area contributed by atoms with E-state index < -0.39 is 0 Å². The van der Waals surface area contributed by atoms with Gasteiger partial charge in [-0.15, -0.1) is 0 Å². The zero-order valence-electron chi connectivity index (χ0n) is 10.4. The van der Waals surface area contributed by atoms with Gasteiger partial charge >= 0.3 is 0 Å². The summed E-state index contributed by atoms with van der Waals surface area (Å²) in [7, 11) is 1.58. The van der Waals surface area contributed by atoms with Crippen LogP contribution in [0.3, 0.4) is 0 Å². The van der Waals surface area contributed by atoms with E-state index in [-0.39, 0.29) is 0 Å². The van der Waals surface area contributed by atoms with Crippen molar-refractivity contribution in [3.63, 3.8) is 0 Å². The van der Waals surface area contributed by atoms with Gasteiger partial charge in [-0.1, -0.05) is 11.6 Å². The minimum atomic E-state index is 0.535. The Morgan fingerprint density at radius 3 is 2.85 bits per heavy atom. The minimum absolute atomic E-state index is 0.535. The van der Waals surface area contributed by atoms with Gasteiger partial charge in [0.05, 0.1) is 23.3 Å². The summed E-state index contributed by atoms with van der Waals surface area (Å²) in [5.41, 5.74) is 2.43. The molecule has 0 saturated carbocycles. The van der Waals surface area contributed by atoms with Crippen LogP contribution in [0, 0.1) is 4.77 Å². The van der Waals surface area contributed by atoms with Crippen molar-refractivity contribution >= 4 is 50.9 Å². The first-order chi connectivity index (χ1) is 9.60. The molecule has 0 fully saturated rings. The number of aromatic amines is 1. The molecule has 3 aromatic rings. The Morgan fingerprint density at radius 2 is 2.15 bits per heavy atom. The number of imidazole rings is 1. The van der Waals surface area contributed by atoms with Crippen molar-refractivity contribution in [2.24, 2.45) is 0 Å². The van der Waals surface area contributed by atoms with Crippen LogP contribution in [-0.4, -0.2) is 21.6 Å². The Balaban J connectivity index is 2.31. The number of H-pyrrole nitrogens is 1. The summed E-state index contributed by atoms with van der Waals surface area (Å²) in [6.07, 6.45) is 0. The van der Waals surface area contributed by atoms with E-state index in [4.69, 9.17) is 28.6 Å². The Kier molecular flexibility index (Phi) is 3.54. The maximum Gasteiger partial charge on any atom is 0.215 e. The summed E-state index contributed by atoms with van der Waals surface area (Å²) in [5.74, 6) is 0.535. The zero-order chi connectivity index (χ0) is 14.3. The van der Waals surface area contributed by atoms with E-state index in [1.807, 2.05) is 28.8 Å². The molecule has 0 atom stereocenters. The average Bonchev–Trinajstić information content (AvgIpc) is 2.77. The van der Waals surface area contributed by atoms with Crippen LogP contribution in [-0.2, 0) is 0 Å². The number of hydrogen-bond acceptors (Lipinski definition) is 3. The van der Waals surface area contributed by atoms with Gasteiger partial charge in [0.1, 0.15) is 0 Å². The molecule has 4 nitrogen and oxygen atoms in total. The van der Waals surface area contributed by atoms with Gasteiger partial charge in [0.2, 0.25) is 5.88 Å². The van der Waals surface area contributed by atoms with E-state index in [0.717, 1.165) is 15.7 Å². The van der Waals surface area contributed by atoms with E-state index in [9.17, 15) is 0 Å². The lowest BCUT2D eigenvalue weighted by molar-refractivity contribution is 0.399. The summed E-state index contributed by atoms with van der Waals surface area (Å²) in [6.45, 7) is 0. The highest BCUT2D eigenvalue weighted by atomic mass is 79.9. The first kappa shape index (κ1) is 13.6. The molecule has 3 rings (SSSR count). The lowest BCUT2D eigenvalue weighted by Gasteiger charge is -2.06. The third-order valence-electron chi connectivity index (χ3n) is 2.88. The molecule has 0 amide bonds. The number of pyridine rings is 1. The molecule has 7 heteroatoms. The predicted molar refractivity (Wildman–Crippen MR) is 85.5 cm³/mol. The van der Waals surface area contributed by atoms with Crippen LogP contribution in [0.4, 0.5) is 0 Å². The van der Waals surface area contributed by atoms with Gasteiger partial charge in [0.25, 0.3) is 0 Å². The van der Waals surface area contributed by atoms with E-state index in [1.165, 1.54) is 0 Å². The first-order valence-corrected chi connectivity index (χ1v) is 7.29. The number of ether oxygens (including phenoxy) is 1. The van der Waals surface area contributed by atoms with Crippen molar-refractivity contribution in [1.82, 2.24) is 14.5 Å². The van der Waals surface area contributed by atoms with Crippen LogP contribution < -0.4 is 4.74 Å². The first-order valence-electron chi connectivity index (χ1n) is 5.71. The molecule has 0 spiro atoms. The van der Waals surface area contributed by atoms with Crippen molar-refractivity contribution in [3.8, 4) is 11.6 Å². The number of methoxy groups -OCH3 is 1. The van der Waals surface area contributed by atoms with Gasteiger partial charge in [0.15, 0.2) is 10.4 Å². The fraction of sp³-hybridized carbons (Fsp3) is 0.0769. The van der Waals surface area contributed by atoms with Crippen molar-refractivity contribution < 1.29 is 4.74 Å². The minimum Gasteiger partial charge on any atom is -0.481 e. The Labute approximate surface area is 133 Å². The number of nitrogens with one attached hydrogen (secondary N) is 1. The van der Waals surface area contributed by atoms with Gasteiger partial charge in [-0.05, 0) is 52.4 Å². The van der Waals surface area contributed by atoms with E-state index in [0.29, 0.717) is 21.3 Å². The molecule has 0 aliphatic carbocycles. The van der Waals surface area contributed by atoms with Gasteiger partial charge < -0.3 is 9.72 Å². The van der Waals surface area contributed by atoms with Crippen LogP contribution in [0.15, 0.2) is 34.8 Å². The van der Waals surface area contributed by atoms with Crippen LogP contribution in [0.25, 0.3) is 16.9 Å². The lowest BCUT2D eigenvalue weighted by Crippen LogP contribution is -1.97. The molecule has 0 unspecified atom stereocenters. The van der Waals surface area contributed by atoms with Crippen LogP contribution in [0.1, 0.15) is 0 Å². The quantitative estimate of drug-likeness (QED) is 0.675. The van der Waals surface area contributed by atoms with Crippen LogP contribution in [0.2, 0.25) is 5.02 Å². The van der Waals surface area contributed by atoms with Gasteiger partial charge in [-0.3, -0.25) is 4.57 Å². The largest absolute Gasteiger partial charge is 0.481 e. The summed E-state index contributed by atoms with van der Waals surface area (Å²) in [4.78, 5) is 7.56. The Hall–Kier alpha value is -1.37. The molecule has 20 heavy (non-hydrogen) atoms. The molecule has 2 heterocycles. The third kappa shape index (κ3) is 2.24. The second-order valence-electron chi connectivity index (χ2n) is 4.09. The monoisotopic (exact) mass is 369 g/mol. The Bertz CT molecular complexity index is 858. The Morgan fingerprint density at radius 1 is 1.35 bits per heavy atom. The van der Waals surface area contributed by atoms with Gasteiger partial charge in [0, 0.05) is 10.5 Å². The smallest absolute Gasteiger partial charge is 0.215 e.